The molecule has 1 aliphatic rings. The molecule has 4 heteroatoms. The molecule has 0 radical (unpaired) electrons. The predicted octanol–water partition coefficient (Wildman–Crippen LogP) is 3.72. The molecule has 2 N–H and O–H groups in total. The largest absolute Gasteiger partial charge is 0.330 e. The van der Waals surface area contributed by atoms with Crippen LogP contribution < -0.4 is 5.73 Å². The van der Waals surface area contributed by atoms with Crippen molar-refractivity contribution >= 4 is 11.6 Å². The molecule has 2 rings (SSSR count). The Kier molecular flexibility index (Phi) is 4.50. The lowest BCUT2D eigenvalue weighted by Crippen LogP contribution is -2.39. The van der Waals surface area contributed by atoms with Crippen LogP contribution in [0.3, 0.4) is 0 Å². The summed E-state index contributed by atoms with van der Waals surface area (Å²) in [6.45, 7) is 7.56. The van der Waals surface area contributed by atoms with Crippen molar-refractivity contribution in [2.24, 2.45) is 23.6 Å². The topological polar surface area (TPSA) is 43.8 Å². The maximum Gasteiger partial charge on any atom is 0.0849 e. The lowest BCUT2D eigenvalue weighted by molar-refractivity contribution is 0.106. The van der Waals surface area contributed by atoms with Crippen LogP contribution in [0.1, 0.15) is 57.8 Å². The summed E-state index contributed by atoms with van der Waals surface area (Å²) in [6, 6.07) is 0. The molecule has 0 aliphatic heterocycles. The molecule has 0 amide bonds. The minimum atomic E-state index is 0.206. The highest BCUT2D eigenvalue weighted by Gasteiger charge is 2.38. The molecule has 1 heterocycles. The molecule has 3 nitrogen and oxygen atoms in total. The van der Waals surface area contributed by atoms with Gasteiger partial charge in [-0.15, -0.1) is 0 Å². The molecule has 1 aromatic rings. The van der Waals surface area contributed by atoms with Gasteiger partial charge in [0.1, 0.15) is 0 Å². The SMILES string of the molecule is CCc1nn(C)c(CC2(CN)CCC(C)(C)CC2)c1Cl. The number of hydrogen-bond acceptors (Lipinski definition) is 2. The lowest BCUT2D eigenvalue weighted by atomic mass is 9.63. The quantitative estimate of drug-likeness (QED) is 0.920. The van der Waals surface area contributed by atoms with Gasteiger partial charge in [0.2, 0.25) is 0 Å². The van der Waals surface area contributed by atoms with Crippen LogP contribution in [0.5, 0.6) is 0 Å². The second-order valence-corrected chi connectivity index (χ2v) is 7.61. The molecule has 1 aliphatic carbocycles. The third kappa shape index (κ3) is 3.04. The molecule has 1 aromatic heterocycles. The summed E-state index contributed by atoms with van der Waals surface area (Å²) in [5.41, 5.74) is 8.98. The average Bonchev–Trinajstić information content (AvgIpc) is 2.68. The lowest BCUT2D eigenvalue weighted by Gasteiger charge is -2.43. The Morgan fingerprint density at radius 3 is 2.30 bits per heavy atom. The first-order valence-electron chi connectivity index (χ1n) is 7.73. The van der Waals surface area contributed by atoms with Crippen LogP contribution >= 0.6 is 11.6 Å². The average molecular weight is 298 g/mol. The van der Waals surface area contributed by atoms with Gasteiger partial charge >= 0.3 is 0 Å². The van der Waals surface area contributed by atoms with E-state index >= 15 is 0 Å². The van der Waals surface area contributed by atoms with E-state index in [1.165, 1.54) is 25.7 Å². The maximum absolute atomic E-state index is 6.50. The fraction of sp³-hybridized carbons (Fsp3) is 0.812. The van der Waals surface area contributed by atoms with Gasteiger partial charge in [0.15, 0.2) is 0 Å². The van der Waals surface area contributed by atoms with E-state index in [9.17, 15) is 0 Å². The molecule has 0 bridgehead atoms. The summed E-state index contributed by atoms with van der Waals surface area (Å²) >= 11 is 6.50. The van der Waals surface area contributed by atoms with Crippen molar-refractivity contribution in [3.8, 4) is 0 Å². The number of halogens is 1. The normalized spacial score (nSPS) is 21.1. The summed E-state index contributed by atoms with van der Waals surface area (Å²) in [6.07, 6.45) is 6.73. The number of aryl methyl sites for hydroxylation is 2. The van der Waals surface area contributed by atoms with Crippen LogP contribution in [0.4, 0.5) is 0 Å². The smallest absolute Gasteiger partial charge is 0.0849 e. The molecular formula is C16H28ClN3. The van der Waals surface area contributed by atoms with Gasteiger partial charge in [-0.2, -0.15) is 5.10 Å². The second kappa shape index (κ2) is 5.69. The Balaban J connectivity index is 2.21. The summed E-state index contributed by atoms with van der Waals surface area (Å²) in [4.78, 5) is 0. The monoisotopic (exact) mass is 297 g/mol. The highest BCUT2D eigenvalue weighted by molar-refractivity contribution is 6.31. The van der Waals surface area contributed by atoms with Gasteiger partial charge in [-0.3, -0.25) is 4.68 Å². The number of hydrogen-bond donors (Lipinski definition) is 1. The van der Waals surface area contributed by atoms with E-state index in [4.69, 9.17) is 17.3 Å². The van der Waals surface area contributed by atoms with E-state index in [1.54, 1.807) is 0 Å². The molecule has 114 valence electrons. The minimum absolute atomic E-state index is 0.206. The van der Waals surface area contributed by atoms with Crippen LogP contribution in [-0.4, -0.2) is 16.3 Å². The van der Waals surface area contributed by atoms with E-state index in [2.05, 4.69) is 25.9 Å². The number of aromatic nitrogens is 2. The first-order valence-corrected chi connectivity index (χ1v) is 8.11. The Hall–Kier alpha value is -0.540. The number of rotatable bonds is 4. The zero-order valence-electron chi connectivity index (χ0n) is 13.3. The van der Waals surface area contributed by atoms with Crippen molar-refractivity contribution in [2.75, 3.05) is 6.54 Å². The third-order valence-electron chi connectivity index (χ3n) is 5.14. The van der Waals surface area contributed by atoms with Crippen LogP contribution in [0, 0.1) is 10.8 Å². The highest BCUT2D eigenvalue weighted by Crippen LogP contribution is 2.46. The van der Waals surface area contributed by atoms with E-state index in [0.29, 0.717) is 5.41 Å². The van der Waals surface area contributed by atoms with Crippen molar-refractivity contribution in [1.29, 1.82) is 0 Å². The molecule has 0 aromatic carbocycles. The van der Waals surface area contributed by atoms with Crippen LogP contribution in [0.25, 0.3) is 0 Å². The zero-order chi connectivity index (χ0) is 15.0. The summed E-state index contributed by atoms with van der Waals surface area (Å²) in [5.74, 6) is 0. The van der Waals surface area contributed by atoms with E-state index in [0.717, 1.165) is 35.8 Å². The summed E-state index contributed by atoms with van der Waals surface area (Å²) in [7, 11) is 2.00. The van der Waals surface area contributed by atoms with Gasteiger partial charge in [0.05, 0.1) is 16.4 Å². The highest BCUT2D eigenvalue weighted by atomic mass is 35.5. The summed E-state index contributed by atoms with van der Waals surface area (Å²) in [5, 5.41) is 5.39. The maximum atomic E-state index is 6.50. The zero-order valence-corrected chi connectivity index (χ0v) is 14.1. The predicted molar refractivity (Wildman–Crippen MR) is 85.0 cm³/mol. The van der Waals surface area contributed by atoms with Crippen molar-refractivity contribution < 1.29 is 0 Å². The number of nitrogens with zero attached hydrogens (tertiary/aromatic N) is 2. The molecule has 0 saturated heterocycles. The molecule has 0 atom stereocenters. The van der Waals surface area contributed by atoms with Crippen LogP contribution in [0.2, 0.25) is 5.02 Å². The summed E-state index contributed by atoms with van der Waals surface area (Å²) < 4.78 is 1.96. The standard InChI is InChI=1S/C16H28ClN3/c1-5-12-14(17)13(20(4)19-12)10-16(11-18)8-6-15(2,3)7-9-16/h5-11,18H2,1-4H3. The Labute approximate surface area is 127 Å². The van der Waals surface area contributed by atoms with E-state index in [-0.39, 0.29) is 5.41 Å². The number of nitrogens with two attached hydrogens (primary N) is 1. The van der Waals surface area contributed by atoms with Crippen molar-refractivity contribution in [3.63, 3.8) is 0 Å². The van der Waals surface area contributed by atoms with Gasteiger partial charge in [0, 0.05) is 7.05 Å². The Morgan fingerprint density at radius 1 is 1.25 bits per heavy atom. The van der Waals surface area contributed by atoms with Gasteiger partial charge in [-0.1, -0.05) is 32.4 Å². The van der Waals surface area contributed by atoms with E-state index in [1.807, 2.05) is 11.7 Å². The second-order valence-electron chi connectivity index (χ2n) is 7.23. The molecule has 1 fully saturated rings. The minimum Gasteiger partial charge on any atom is -0.330 e. The first kappa shape index (κ1) is 15.8. The Bertz CT molecular complexity index is 466. The van der Waals surface area contributed by atoms with Crippen molar-refractivity contribution in [1.82, 2.24) is 9.78 Å². The van der Waals surface area contributed by atoms with Crippen molar-refractivity contribution in [3.05, 3.63) is 16.4 Å². The molecular weight excluding hydrogens is 270 g/mol. The fourth-order valence-corrected chi connectivity index (χ4v) is 3.64. The molecule has 20 heavy (non-hydrogen) atoms. The van der Waals surface area contributed by atoms with Gasteiger partial charge in [0.25, 0.3) is 0 Å². The first-order chi connectivity index (χ1) is 9.32. The van der Waals surface area contributed by atoms with Gasteiger partial charge in [-0.05, 0) is 55.9 Å². The Morgan fingerprint density at radius 2 is 1.85 bits per heavy atom. The van der Waals surface area contributed by atoms with E-state index < -0.39 is 0 Å². The fourth-order valence-electron chi connectivity index (χ4n) is 3.28. The van der Waals surface area contributed by atoms with Crippen LogP contribution in [-0.2, 0) is 19.9 Å². The van der Waals surface area contributed by atoms with Crippen molar-refractivity contribution in [2.45, 2.75) is 59.3 Å². The van der Waals surface area contributed by atoms with Gasteiger partial charge in [-0.25, -0.2) is 0 Å². The molecule has 1 saturated carbocycles. The molecule has 0 unspecified atom stereocenters. The van der Waals surface area contributed by atoms with Gasteiger partial charge < -0.3 is 5.73 Å². The molecule has 0 spiro atoms. The van der Waals surface area contributed by atoms with Crippen LogP contribution in [0.15, 0.2) is 0 Å². The third-order valence-corrected chi connectivity index (χ3v) is 5.58.